The molecule has 0 bridgehead atoms. The van der Waals surface area contributed by atoms with Crippen LogP contribution in [0, 0.1) is 0 Å². The molecule has 6 nitrogen and oxygen atoms in total. The number of nitrogens with one attached hydrogen (secondary N) is 2. The van der Waals surface area contributed by atoms with Crippen LogP contribution in [0.2, 0.25) is 0 Å². The van der Waals surface area contributed by atoms with E-state index in [0.29, 0.717) is 28.4 Å². The van der Waals surface area contributed by atoms with Crippen LogP contribution in [0.15, 0.2) is 29.1 Å². The summed E-state index contributed by atoms with van der Waals surface area (Å²) in [5.74, 6) is 0.613. The third-order valence-corrected chi connectivity index (χ3v) is 4.58. The lowest BCUT2D eigenvalue weighted by atomic mass is 10.2. The minimum atomic E-state index is -0.120. The molecule has 0 spiro atoms. The zero-order valence-electron chi connectivity index (χ0n) is 13.7. The Kier molecular flexibility index (Phi) is 5.42. The molecular weight excluding hydrogens is 324 g/mol. The highest BCUT2D eigenvalue weighted by Gasteiger charge is 2.17. The second-order valence-corrected chi connectivity index (χ2v) is 6.25. The van der Waals surface area contributed by atoms with Crippen molar-refractivity contribution < 1.29 is 4.74 Å². The van der Waals surface area contributed by atoms with Gasteiger partial charge in [0.15, 0.2) is 5.11 Å². The fourth-order valence-corrected chi connectivity index (χ4v) is 3.11. The zero-order valence-corrected chi connectivity index (χ0v) is 14.6. The lowest BCUT2D eigenvalue weighted by Crippen LogP contribution is -2.42. The van der Waals surface area contributed by atoms with E-state index >= 15 is 0 Å². The number of aromatic nitrogens is 2. The maximum absolute atomic E-state index is 12.2. The molecule has 24 heavy (non-hydrogen) atoms. The number of H-pyrrole nitrogens is 1. The van der Waals surface area contributed by atoms with E-state index in [1.165, 1.54) is 0 Å². The van der Waals surface area contributed by atoms with Crippen LogP contribution in [-0.2, 0) is 11.3 Å². The fourth-order valence-electron chi connectivity index (χ4n) is 2.84. The average Bonchev–Trinajstić information content (AvgIpc) is 3.11. The highest BCUT2D eigenvalue weighted by molar-refractivity contribution is 7.80. The molecule has 1 fully saturated rings. The van der Waals surface area contributed by atoms with Crippen LogP contribution in [0.25, 0.3) is 10.9 Å². The highest BCUT2D eigenvalue weighted by atomic mass is 32.1. The number of benzene rings is 1. The summed E-state index contributed by atoms with van der Waals surface area (Å²) in [5.41, 5.74) is 0.579. The van der Waals surface area contributed by atoms with Gasteiger partial charge in [-0.25, -0.2) is 4.98 Å². The van der Waals surface area contributed by atoms with Crippen LogP contribution in [0.3, 0.4) is 0 Å². The topological polar surface area (TPSA) is 70.2 Å². The molecule has 1 aromatic carbocycles. The van der Waals surface area contributed by atoms with Crippen molar-refractivity contribution in [2.75, 3.05) is 19.7 Å². The molecule has 0 radical (unpaired) electrons. The summed E-state index contributed by atoms with van der Waals surface area (Å²) in [7, 11) is 0. The quantitative estimate of drug-likeness (QED) is 0.805. The van der Waals surface area contributed by atoms with Crippen molar-refractivity contribution in [3.63, 3.8) is 0 Å². The minimum absolute atomic E-state index is 0.120. The predicted molar refractivity (Wildman–Crippen MR) is 98.0 cm³/mol. The number of nitrogens with zero attached hydrogens (tertiary/aromatic N) is 2. The summed E-state index contributed by atoms with van der Waals surface area (Å²) >= 11 is 5.48. The summed E-state index contributed by atoms with van der Waals surface area (Å²) in [6.07, 6.45) is 2.42. The molecular formula is C17H22N4O2S. The number of para-hydroxylation sites is 1. The van der Waals surface area contributed by atoms with E-state index in [1.807, 2.05) is 30.0 Å². The third-order valence-electron chi connectivity index (χ3n) is 4.18. The van der Waals surface area contributed by atoms with Crippen LogP contribution >= 0.6 is 12.2 Å². The Morgan fingerprint density at radius 1 is 1.50 bits per heavy atom. The fraction of sp³-hybridized carbons (Fsp3) is 0.471. The lowest BCUT2D eigenvalue weighted by Gasteiger charge is -2.24. The average molecular weight is 346 g/mol. The van der Waals surface area contributed by atoms with E-state index in [0.717, 1.165) is 32.5 Å². The van der Waals surface area contributed by atoms with Crippen LogP contribution in [-0.4, -0.2) is 45.8 Å². The van der Waals surface area contributed by atoms with Gasteiger partial charge in [-0.2, -0.15) is 0 Å². The molecule has 1 aliphatic heterocycles. The summed E-state index contributed by atoms with van der Waals surface area (Å²) in [6, 6.07) is 7.33. The first-order valence-electron chi connectivity index (χ1n) is 8.29. The van der Waals surface area contributed by atoms with Crippen molar-refractivity contribution in [1.29, 1.82) is 0 Å². The Labute approximate surface area is 146 Å². The van der Waals surface area contributed by atoms with Gasteiger partial charge in [-0.05, 0) is 44.1 Å². The van der Waals surface area contributed by atoms with E-state index in [-0.39, 0.29) is 11.7 Å². The van der Waals surface area contributed by atoms with E-state index in [2.05, 4.69) is 15.3 Å². The monoisotopic (exact) mass is 346 g/mol. The summed E-state index contributed by atoms with van der Waals surface area (Å²) in [6.45, 7) is 4.77. The van der Waals surface area contributed by atoms with E-state index < -0.39 is 0 Å². The van der Waals surface area contributed by atoms with Crippen molar-refractivity contribution >= 4 is 28.2 Å². The van der Waals surface area contributed by atoms with Gasteiger partial charge in [0.1, 0.15) is 5.82 Å². The molecule has 1 saturated heterocycles. The maximum Gasteiger partial charge on any atom is 0.258 e. The summed E-state index contributed by atoms with van der Waals surface area (Å²) < 4.78 is 5.60. The second-order valence-electron chi connectivity index (χ2n) is 5.87. The number of hydrogen-bond donors (Lipinski definition) is 2. The van der Waals surface area contributed by atoms with Gasteiger partial charge in [0, 0.05) is 19.7 Å². The summed E-state index contributed by atoms with van der Waals surface area (Å²) in [4.78, 5) is 21.5. The molecule has 2 N–H and O–H groups in total. The Balaban J connectivity index is 1.68. The minimum Gasteiger partial charge on any atom is -0.376 e. The Bertz CT molecular complexity index is 771. The molecule has 0 aliphatic carbocycles. The molecule has 1 aromatic heterocycles. The molecule has 2 heterocycles. The molecule has 0 amide bonds. The first-order chi connectivity index (χ1) is 11.7. The number of hydrogen-bond acceptors (Lipinski definition) is 4. The van der Waals surface area contributed by atoms with Gasteiger partial charge in [-0.1, -0.05) is 12.1 Å². The first-order valence-corrected chi connectivity index (χ1v) is 8.70. The second kappa shape index (κ2) is 7.72. The van der Waals surface area contributed by atoms with Gasteiger partial charge >= 0.3 is 0 Å². The van der Waals surface area contributed by atoms with Crippen molar-refractivity contribution in [3.8, 4) is 0 Å². The number of fused-ring (bicyclic) bond motifs is 1. The first kappa shape index (κ1) is 16.9. The largest absolute Gasteiger partial charge is 0.376 e. The molecule has 3 rings (SSSR count). The Morgan fingerprint density at radius 2 is 2.33 bits per heavy atom. The lowest BCUT2D eigenvalue weighted by molar-refractivity contribution is 0.113. The SMILES string of the molecule is CCN(Cc1nc2ccccc2c(=O)[nH]1)C(=S)NC[C@@H]1CCCO1. The third kappa shape index (κ3) is 3.91. The molecule has 7 heteroatoms. The smallest absolute Gasteiger partial charge is 0.258 e. The van der Waals surface area contributed by atoms with E-state index in [1.54, 1.807) is 6.07 Å². The number of thiocarbonyl (C=S) groups is 1. The summed E-state index contributed by atoms with van der Waals surface area (Å²) in [5, 5.41) is 4.52. The van der Waals surface area contributed by atoms with Gasteiger partial charge in [0.05, 0.1) is 23.6 Å². The predicted octanol–water partition coefficient (Wildman–Crippen LogP) is 1.80. The molecule has 1 atom stereocenters. The highest BCUT2D eigenvalue weighted by Crippen LogP contribution is 2.11. The van der Waals surface area contributed by atoms with Crippen molar-refractivity contribution in [2.24, 2.45) is 0 Å². The Morgan fingerprint density at radius 3 is 3.08 bits per heavy atom. The molecule has 0 unspecified atom stereocenters. The molecule has 0 saturated carbocycles. The van der Waals surface area contributed by atoms with Gasteiger partial charge < -0.3 is 19.9 Å². The molecule has 1 aliphatic rings. The van der Waals surface area contributed by atoms with Gasteiger partial charge in [0.2, 0.25) is 0 Å². The van der Waals surface area contributed by atoms with Crippen molar-refractivity contribution in [1.82, 2.24) is 20.2 Å². The molecule has 2 aromatic rings. The normalized spacial score (nSPS) is 17.1. The van der Waals surface area contributed by atoms with Crippen molar-refractivity contribution in [2.45, 2.75) is 32.4 Å². The Hall–Kier alpha value is -1.99. The standard InChI is InChI=1S/C17H22N4O2S/c1-2-21(17(24)18-10-12-6-5-9-23-12)11-15-19-14-8-4-3-7-13(14)16(22)20-15/h3-4,7-8,12H,2,5-6,9-11H2,1H3,(H,18,24)(H,19,20,22)/t12-/m0/s1. The number of rotatable bonds is 5. The van der Waals surface area contributed by atoms with Gasteiger partial charge in [-0.15, -0.1) is 0 Å². The zero-order chi connectivity index (χ0) is 16.9. The number of aromatic amines is 1. The van der Waals surface area contributed by atoms with Crippen LogP contribution in [0.4, 0.5) is 0 Å². The van der Waals surface area contributed by atoms with Crippen LogP contribution < -0.4 is 10.9 Å². The van der Waals surface area contributed by atoms with E-state index in [9.17, 15) is 4.79 Å². The van der Waals surface area contributed by atoms with Gasteiger partial charge in [-0.3, -0.25) is 4.79 Å². The van der Waals surface area contributed by atoms with Gasteiger partial charge in [0.25, 0.3) is 5.56 Å². The van der Waals surface area contributed by atoms with E-state index in [4.69, 9.17) is 17.0 Å². The van der Waals surface area contributed by atoms with Crippen LogP contribution in [0.5, 0.6) is 0 Å². The maximum atomic E-state index is 12.2. The molecule has 128 valence electrons. The van der Waals surface area contributed by atoms with Crippen molar-refractivity contribution in [3.05, 3.63) is 40.4 Å². The number of ether oxygens (including phenoxy) is 1. The van der Waals surface area contributed by atoms with Crippen LogP contribution in [0.1, 0.15) is 25.6 Å².